The maximum Gasteiger partial charge on any atom is 0.207 e. The lowest BCUT2D eigenvalue weighted by Gasteiger charge is -2.42. The normalized spacial score (nSPS) is 14.0. The molecule has 4 heteroatoms. The number of hydrogen-bond acceptors (Lipinski definition) is 2. The van der Waals surface area contributed by atoms with E-state index in [1.54, 1.807) is 0 Å². The predicted molar refractivity (Wildman–Crippen MR) is 114 cm³/mol. The summed E-state index contributed by atoms with van der Waals surface area (Å²) in [6.45, 7) is 0. The highest BCUT2D eigenvalue weighted by molar-refractivity contribution is 7.87. The van der Waals surface area contributed by atoms with Gasteiger partial charge in [-0.1, -0.05) is 60.7 Å². The lowest BCUT2D eigenvalue weighted by atomic mass is 10.1. The molecule has 1 heterocycles. The third-order valence-corrected chi connectivity index (χ3v) is 7.11. The Morgan fingerprint density at radius 2 is 1.00 bits per heavy atom. The van der Waals surface area contributed by atoms with Crippen LogP contribution in [0, 0.1) is 0 Å². The van der Waals surface area contributed by atoms with Crippen molar-refractivity contribution in [3.8, 4) is 0 Å². The molecule has 4 aromatic rings. The average Bonchev–Trinajstić information content (AvgIpc) is 2.70. The van der Waals surface area contributed by atoms with E-state index in [-0.39, 0.29) is 0 Å². The maximum absolute atomic E-state index is 7.15. The maximum atomic E-state index is 7.15. The Hall–Kier alpha value is -2.54. The van der Waals surface area contributed by atoms with Gasteiger partial charge in [-0.15, -0.1) is 0 Å². The first-order valence-corrected chi connectivity index (χ1v) is 10.7. The summed E-state index contributed by atoms with van der Waals surface area (Å²) < 4.78 is 4.53. The molecule has 0 saturated heterocycles. The van der Waals surface area contributed by atoms with Crippen LogP contribution in [0.2, 0.25) is 0 Å². The van der Waals surface area contributed by atoms with Crippen LogP contribution in [0.5, 0.6) is 0 Å². The standard InChI is InChI=1S/C22H16ClN2P/c23-26-24(18-11-3-1-4-12-18)20-15-7-9-17-10-8-16-21(22(17)20)25(26)19-13-5-2-6-14-19/h1-16H. The van der Waals surface area contributed by atoms with E-state index in [4.69, 9.17) is 11.2 Å². The minimum atomic E-state index is -1.14. The fourth-order valence-corrected chi connectivity index (χ4v) is 6.06. The number of para-hydroxylation sites is 2. The Labute approximate surface area is 158 Å². The second-order valence-electron chi connectivity index (χ2n) is 6.19. The Morgan fingerprint density at radius 1 is 0.538 bits per heavy atom. The van der Waals surface area contributed by atoms with Crippen molar-refractivity contribution in [2.75, 3.05) is 9.34 Å². The summed E-state index contributed by atoms with van der Waals surface area (Å²) in [5.74, 6) is 0. The van der Waals surface area contributed by atoms with Gasteiger partial charge in [-0.2, -0.15) is 0 Å². The molecule has 126 valence electrons. The molecule has 0 fully saturated rings. The highest BCUT2D eigenvalue weighted by atomic mass is 35.7. The van der Waals surface area contributed by atoms with Crippen LogP contribution >= 0.6 is 18.8 Å². The third kappa shape index (κ3) is 2.38. The molecule has 0 aromatic heterocycles. The highest BCUT2D eigenvalue weighted by Gasteiger charge is 2.34. The molecule has 0 unspecified atom stereocenters. The molecule has 26 heavy (non-hydrogen) atoms. The van der Waals surface area contributed by atoms with Gasteiger partial charge in [-0.25, -0.2) is 0 Å². The fourth-order valence-electron chi connectivity index (χ4n) is 3.53. The molecule has 0 amide bonds. The molecule has 0 bridgehead atoms. The largest absolute Gasteiger partial charge is 0.289 e. The summed E-state index contributed by atoms with van der Waals surface area (Å²) in [5, 5.41) is 2.46. The Balaban J connectivity index is 1.83. The quantitative estimate of drug-likeness (QED) is 0.333. The lowest BCUT2D eigenvalue weighted by Crippen LogP contribution is -2.24. The monoisotopic (exact) mass is 374 g/mol. The molecular weight excluding hydrogens is 359 g/mol. The molecule has 2 nitrogen and oxygen atoms in total. The number of benzene rings is 4. The van der Waals surface area contributed by atoms with Crippen molar-refractivity contribution in [2.24, 2.45) is 0 Å². The Bertz CT molecular complexity index is 987. The van der Waals surface area contributed by atoms with Crippen LogP contribution in [0.1, 0.15) is 0 Å². The number of anilines is 4. The van der Waals surface area contributed by atoms with Crippen LogP contribution in [0.4, 0.5) is 22.7 Å². The minimum Gasteiger partial charge on any atom is -0.289 e. The predicted octanol–water partition coefficient (Wildman–Crippen LogP) is 7.60. The first-order chi connectivity index (χ1) is 12.8. The van der Waals surface area contributed by atoms with Crippen molar-refractivity contribution in [1.29, 1.82) is 0 Å². The van der Waals surface area contributed by atoms with E-state index in [2.05, 4.69) is 94.3 Å². The molecular formula is C22H16ClN2P. The zero-order valence-corrected chi connectivity index (χ0v) is 15.6. The van der Waals surface area contributed by atoms with E-state index in [1.807, 2.05) is 12.1 Å². The van der Waals surface area contributed by atoms with E-state index >= 15 is 0 Å². The van der Waals surface area contributed by atoms with Gasteiger partial charge in [0.1, 0.15) is 0 Å². The smallest absolute Gasteiger partial charge is 0.207 e. The average molecular weight is 375 g/mol. The van der Waals surface area contributed by atoms with E-state index in [1.165, 1.54) is 10.8 Å². The van der Waals surface area contributed by atoms with Gasteiger partial charge >= 0.3 is 0 Å². The number of halogens is 1. The molecule has 4 aromatic carbocycles. The van der Waals surface area contributed by atoms with Crippen LogP contribution in [0.3, 0.4) is 0 Å². The van der Waals surface area contributed by atoms with Crippen molar-refractivity contribution in [2.45, 2.75) is 0 Å². The fraction of sp³-hybridized carbons (Fsp3) is 0. The summed E-state index contributed by atoms with van der Waals surface area (Å²) in [6, 6.07) is 33.6. The van der Waals surface area contributed by atoms with Crippen LogP contribution in [-0.4, -0.2) is 0 Å². The first kappa shape index (κ1) is 15.7. The van der Waals surface area contributed by atoms with Gasteiger partial charge in [0, 0.05) is 16.8 Å². The topological polar surface area (TPSA) is 6.48 Å². The van der Waals surface area contributed by atoms with Crippen molar-refractivity contribution in [3.63, 3.8) is 0 Å². The molecule has 0 atom stereocenters. The number of rotatable bonds is 2. The van der Waals surface area contributed by atoms with E-state index in [9.17, 15) is 0 Å². The summed E-state index contributed by atoms with van der Waals surface area (Å²) in [7, 11) is -1.14. The summed E-state index contributed by atoms with van der Waals surface area (Å²) in [5.41, 5.74) is 4.54. The lowest BCUT2D eigenvalue weighted by molar-refractivity contribution is 1.34. The van der Waals surface area contributed by atoms with Gasteiger partial charge in [0.2, 0.25) is 7.58 Å². The van der Waals surface area contributed by atoms with E-state index < -0.39 is 7.58 Å². The van der Waals surface area contributed by atoms with Gasteiger partial charge in [0.25, 0.3) is 0 Å². The second-order valence-corrected chi connectivity index (χ2v) is 8.38. The SMILES string of the molecule is ClP1N(c2ccccc2)c2cccc3cccc(c23)N1c1ccccc1. The molecule has 0 radical (unpaired) electrons. The van der Waals surface area contributed by atoms with Crippen LogP contribution in [0.15, 0.2) is 97.1 Å². The van der Waals surface area contributed by atoms with Gasteiger partial charge in [-0.3, -0.25) is 9.34 Å². The van der Waals surface area contributed by atoms with Crippen molar-refractivity contribution in [1.82, 2.24) is 0 Å². The zero-order valence-electron chi connectivity index (χ0n) is 14.0. The summed E-state index contributed by atoms with van der Waals surface area (Å²) in [6.07, 6.45) is 0. The Morgan fingerprint density at radius 3 is 1.46 bits per heavy atom. The molecule has 0 saturated carbocycles. The van der Waals surface area contributed by atoms with E-state index in [0.29, 0.717) is 0 Å². The zero-order chi connectivity index (χ0) is 17.5. The van der Waals surface area contributed by atoms with Crippen LogP contribution in [-0.2, 0) is 0 Å². The highest BCUT2D eigenvalue weighted by Crippen LogP contribution is 2.65. The van der Waals surface area contributed by atoms with Crippen LogP contribution < -0.4 is 9.34 Å². The van der Waals surface area contributed by atoms with Crippen molar-refractivity contribution < 1.29 is 0 Å². The van der Waals surface area contributed by atoms with Gasteiger partial charge in [0.05, 0.1) is 11.4 Å². The molecule has 0 N–H and O–H groups in total. The van der Waals surface area contributed by atoms with Gasteiger partial charge in [0.15, 0.2) is 0 Å². The molecule has 0 spiro atoms. The molecule has 1 aliphatic rings. The summed E-state index contributed by atoms with van der Waals surface area (Å²) >= 11 is 7.15. The van der Waals surface area contributed by atoms with Gasteiger partial charge in [-0.05, 0) is 53.0 Å². The first-order valence-electron chi connectivity index (χ1n) is 8.52. The van der Waals surface area contributed by atoms with Crippen molar-refractivity contribution in [3.05, 3.63) is 97.1 Å². The van der Waals surface area contributed by atoms with E-state index in [0.717, 1.165) is 22.7 Å². The van der Waals surface area contributed by atoms with Crippen LogP contribution in [0.25, 0.3) is 10.8 Å². The molecule has 0 aliphatic carbocycles. The third-order valence-electron chi connectivity index (χ3n) is 4.65. The molecule has 5 rings (SSSR count). The summed E-state index contributed by atoms with van der Waals surface area (Å²) in [4.78, 5) is 0. The second kappa shape index (κ2) is 6.32. The Kier molecular flexibility index (Phi) is 3.81. The minimum absolute atomic E-state index is 1.11. The van der Waals surface area contributed by atoms with Gasteiger partial charge < -0.3 is 0 Å². The van der Waals surface area contributed by atoms with Crippen molar-refractivity contribution >= 4 is 52.3 Å². The number of nitrogens with zero attached hydrogens (tertiary/aromatic N) is 2. The molecule has 1 aliphatic heterocycles. The number of hydrogen-bond donors (Lipinski definition) is 0.